The van der Waals surface area contributed by atoms with E-state index in [1.807, 2.05) is 4.90 Å². The third-order valence-electron chi connectivity index (χ3n) is 3.97. The lowest BCUT2D eigenvalue weighted by atomic mass is 10.2. The number of nitrogens with one attached hydrogen (secondary N) is 1. The molecule has 0 bridgehead atoms. The minimum Gasteiger partial charge on any atom is -0.340 e. The summed E-state index contributed by atoms with van der Waals surface area (Å²) in [5, 5.41) is 3.30. The zero-order valence-corrected chi connectivity index (χ0v) is 11.8. The highest BCUT2D eigenvalue weighted by atomic mass is 16.2. The molecule has 1 atom stereocenters. The lowest BCUT2D eigenvalue weighted by molar-refractivity contribution is -0.133. The van der Waals surface area contributed by atoms with E-state index in [-0.39, 0.29) is 0 Å². The van der Waals surface area contributed by atoms with Crippen LogP contribution in [0.5, 0.6) is 0 Å². The van der Waals surface area contributed by atoms with Gasteiger partial charge in [0.2, 0.25) is 5.91 Å². The Morgan fingerprint density at radius 3 is 2.50 bits per heavy atom. The SMILES string of the molecule is CCNC(C)CC(=O)N1CCN(CC2CC2)CC1. The number of rotatable bonds is 6. The molecule has 1 aliphatic heterocycles. The normalized spacial score (nSPS) is 23.1. The number of carbonyl (C=O) groups is 1. The Labute approximate surface area is 111 Å². The highest BCUT2D eigenvalue weighted by molar-refractivity contribution is 5.76. The molecule has 1 heterocycles. The van der Waals surface area contributed by atoms with Crippen LogP contribution in [0.1, 0.15) is 33.1 Å². The lowest BCUT2D eigenvalue weighted by Crippen LogP contribution is -2.50. The van der Waals surface area contributed by atoms with Gasteiger partial charge in [0.25, 0.3) is 0 Å². The molecule has 18 heavy (non-hydrogen) atoms. The molecule has 4 heteroatoms. The van der Waals surface area contributed by atoms with Gasteiger partial charge < -0.3 is 10.2 Å². The number of carbonyl (C=O) groups excluding carboxylic acids is 1. The predicted molar refractivity (Wildman–Crippen MR) is 73.5 cm³/mol. The Balaban J connectivity index is 1.66. The summed E-state index contributed by atoms with van der Waals surface area (Å²) in [6.45, 7) is 10.3. The predicted octanol–water partition coefficient (Wildman–Crippen LogP) is 0.929. The lowest BCUT2D eigenvalue weighted by Gasteiger charge is -2.35. The van der Waals surface area contributed by atoms with E-state index in [4.69, 9.17) is 0 Å². The first-order chi connectivity index (χ1) is 8.69. The fourth-order valence-corrected chi connectivity index (χ4v) is 2.66. The molecule has 104 valence electrons. The van der Waals surface area contributed by atoms with Crippen molar-refractivity contribution in [2.75, 3.05) is 39.3 Å². The molecule has 4 nitrogen and oxygen atoms in total. The van der Waals surface area contributed by atoms with Gasteiger partial charge in [0.05, 0.1) is 0 Å². The average Bonchev–Trinajstić information content (AvgIpc) is 3.14. The molecule has 2 fully saturated rings. The van der Waals surface area contributed by atoms with Crippen LogP contribution in [-0.2, 0) is 4.79 Å². The van der Waals surface area contributed by atoms with Gasteiger partial charge in [-0.25, -0.2) is 0 Å². The van der Waals surface area contributed by atoms with Gasteiger partial charge in [-0.05, 0) is 32.2 Å². The molecule has 0 radical (unpaired) electrons. The Morgan fingerprint density at radius 1 is 1.28 bits per heavy atom. The maximum Gasteiger partial charge on any atom is 0.224 e. The Bertz CT molecular complexity index is 270. The first-order valence-electron chi connectivity index (χ1n) is 7.42. The smallest absolute Gasteiger partial charge is 0.224 e. The van der Waals surface area contributed by atoms with Crippen LogP contribution >= 0.6 is 0 Å². The fraction of sp³-hybridized carbons (Fsp3) is 0.929. The summed E-state index contributed by atoms with van der Waals surface area (Å²) < 4.78 is 0. The van der Waals surface area contributed by atoms with E-state index >= 15 is 0 Å². The quantitative estimate of drug-likeness (QED) is 0.765. The van der Waals surface area contributed by atoms with Crippen molar-refractivity contribution in [3.63, 3.8) is 0 Å². The molecule has 1 aliphatic carbocycles. The van der Waals surface area contributed by atoms with E-state index in [9.17, 15) is 4.79 Å². The van der Waals surface area contributed by atoms with Crippen LogP contribution in [0.15, 0.2) is 0 Å². The van der Waals surface area contributed by atoms with Gasteiger partial charge in [0, 0.05) is 45.2 Å². The van der Waals surface area contributed by atoms with Crippen LogP contribution in [0.2, 0.25) is 0 Å². The zero-order chi connectivity index (χ0) is 13.0. The summed E-state index contributed by atoms with van der Waals surface area (Å²) in [5.41, 5.74) is 0. The largest absolute Gasteiger partial charge is 0.340 e. The molecule has 0 aromatic heterocycles. The number of nitrogens with zero attached hydrogens (tertiary/aromatic N) is 2. The second-order valence-corrected chi connectivity index (χ2v) is 5.79. The maximum atomic E-state index is 12.1. The third kappa shape index (κ3) is 4.25. The van der Waals surface area contributed by atoms with Crippen molar-refractivity contribution < 1.29 is 4.79 Å². The molecule has 2 aliphatic rings. The Morgan fingerprint density at radius 2 is 1.94 bits per heavy atom. The number of hydrogen-bond donors (Lipinski definition) is 1. The van der Waals surface area contributed by atoms with Crippen molar-refractivity contribution in [2.45, 2.75) is 39.2 Å². The van der Waals surface area contributed by atoms with Gasteiger partial charge in [0.15, 0.2) is 0 Å². The first kappa shape index (κ1) is 13.8. The van der Waals surface area contributed by atoms with Gasteiger partial charge in [0.1, 0.15) is 0 Å². The van der Waals surface area contributed by atoms with Crippen LogP contribution in [0.4, 0.5) is 0 Å². The molecule has 0 aromatic rings. The summed E-state index contributed by atoms with van der Waals surface area (Å²) in [5.74, 6) is 1.27. The molecule has 1 saturated heterocycles. The fourth-order valence-electron chi connectivity index (χ4n) is 2.66. The van der Waals surface area contributed by atoms with Gasteiger partial charge in [-0.15, -0.1) is 0 Å². The molecular formula is C14H27N3O. The Kier molecular flexibility index (Phi) is 5.01. The van der Waals surface area contributed by atoms with E-state index in [0.717, 1.165) is 38.6 Å². The average molecular weight is 253 g/mol. The number of piperazine rings is 1. The molecule has 1 saturated carbocycles. The van der Waals surface area contributed by atoms with E-state index in [2.05, 4.69) is 24.1 Å². The Hall–Kier alpha value is -0.610. The van der Waals surface area contributed by atoms with Crippen molar-refractivity contribution in [3.05, 3.63) is 0 Å². The van der Waals surface area contributed by atoms with Crippen LogP contribution in [0, 0.1) is 5.92 Å². The van der Waals surface area contributed by atoms with Crippen LogP contribution in [0.25, 0.3) is 0 Å². The number of hydrogen-bond acceptors (Lipinski definition) is 3. The molecule has 1 N–H and O–H groups in total. The minimum absolute atomic E-state index is 0.298. The summed E-state index contributed by atoms with van der Waals surface area (Å²) in [4.78, 5) is 16.7. The number of amides is 1. The molecule has 1 amide bonds. The molecule has 1 unspecified atom stereocenters. The van der Waals surface area contributed by atoms with E-state index in [1.54, 1.807) is 0 Å². The van der Waals surface area contributed by atoms with Crippen molar-refractivity contribution in [1.82, 2.24) is 15.1 Å². The van der Waals surface area contributed by atoms with Crippen LogP contribution < -0.4 is 5.32 Å². The van der Waals surface area contributed by atoms with Gasteiger partial charge >= 0.3 is 0 Å². The monoisotopic (exact) mass is 253 g/mol. The maximum absolute atomic E-state index is 12.1. The molecule has 0 aromatic carbocycles. The van der Waals surface area contributed by atoms with Crippen molar-refractivity contribution >= 4 is 5.91 Å². The second kappa shape index (κ2) is 6.53. The zero-order valence-electron chi connectivity index (χ0n) is 11.8. The van der Waals surface area contributed by atoms with Crippen molar-refractivity contribution in [2.24, 2.45) is 5.92 Å². The van der Waals surface area contributed by atoms with Gasteiger partial charge in [-0.2, -0.15) is 0 Å². The summed E-state index contributed by atoms with van der Waals surface area (Å²) in [7, 11) is 0. The summed E-state index contributed by atoms with van der Waals surface area (Å²) >= 11 is 0. The summed E-state index contributed by atoms with van der Waals surface area (Å²) in [6, 6.07) is 0.298. The van der Waals surface area contributed by atoms with Crippen molar-refractivity contribution in [1.29, 1.82) is 0 Å². The highest BCUT2D eigenvalue weighted by Gasteiger charge is 2.27. The summed E-state index contributed by atoms with van der Waals surface area (Å²) in [6.07, 6.45) is 3.47. The second-order valence-electron chi connectivity index (χ2n) is 5.79. The molecule has 2 rings (SSSR count). The topological polar surface area (TPSA) is 35.6 Å². The van der Waals surface area contributed by atoms with Crippen LogP contribution in [-0.4, -0.2) is 61.0 Å². The highest BCUT2D eigenvalue weighted by Crippen LogP contribution is 2.29. The minimum atomic E-state index is 0.298. The van der Waals surface area contributed by atoms with E-state index in [0.29, 0.717) is 18.4 Å². The van der Waals surface area contributed by atoms with Gasteiger partial charge in [-0.1, -0.05) is 6.92 Å². The first-order valence-corrected chi connectivity index (χ1v) is 7.42. The van der Waals surface area contributed by atoms with E-state index < -0.39 is 0 Å². The van der Waals surface area contributed by atoms with Crippen LogP contribution in [0.3, 0.4) is 0 Å². The molecular weight excluding hydrogens is 226 g/mol. The van der Waals surface area contributed by atoms with Gasteiger partial charge in [-0.3, -0.25) is 9.69 Å². The third-order valence-corrected chi connectivity index (χ3v) is 3.97. The van der Waals surface area contributed by atoms with Crippen molar-refractivity contribution in [3.8, 4) is 0 Å². The standard InChI is InChI=1S/C14H27N3O/c1-3-15-12(2)10-14(18)17-8-6-16(7-9-17)11-13-4-5-13/h12-13,15H,3-11H2,1-2H3. The van der Waals surface area contributed by atoms with E-state index in [1.165, 1.54) is 19.4 Å². The molecule has 0 spiro atoms.